The van der Waals surface area contributed by atoms with Crippen molar-refractivity contribution in [2.45, 2.75) is 0 Å². The van der Waals surface area contributed by atoms with Crippen molar-refractivity contribution in [1.29, 1.82) is 0 Å². The van der Waals surface area contributed by atoms with Gasteiger partial charge in [-0.2, -0.15) is 9.61 Å². The van der Waals surface area contributed by atoms with E-state index in [0.717, 1.165) is 5.69 Å². The van der Waals surface area contributed by atoms with Crippen molar-refractivity contribution in [1.82, 2.24) is 19.6 Å². The zero-order chi connectivity index (χ0) is 12.7. The molecule has 7 nitrogen and oxygen atoms in total. The van der Waals surface area contributed by atoms with Crippen LogP contribution in [0, 0.1) is 0 Å². The summed E-state index contributed by atoms with van der Waals surface area (Å²) in [6, 6.07) is 5.29. The Morgan fingerprint density at radius 2 is 2.33 bits per heavy atom. The van der Waals surface area contributed by atoms with Gasteiger partial charge in [-0.3, -0.25) is 0 Å². The van der Waals surface area contributed by atoms with Crippen LogP contribution in [0.15, 0.2) is 30.6 Å². The number of H-pyrrole nitrogens is 1. The van der Waals surface area contributed by atoms with Crippen molar-refractivity contribution in [2.75, 3.05) is 5.73 Å². The Bertz CT molecular complexity index is 729. The number of aromatic carboxylic acids is 1. The average molecular weight is 243 g/mol. The summed E-state index contributed by atoms with van der Waals surface area (Å²) < 4.78 is 1.30. The number of nitrogens with zero attached hydrogens (tertiary/aromatic N) is 3. The molecule has 18 heavy (non-hydrogen) atoms. The third kappa shape index (κ3) is 1.41. The first kappa shape index (κ1) is 10.3. The predicted molar refractivity (Wildman–Crippen MR) is 64.1 cm³/mol. The molecule has 0 aliphatic heterocycles. The minimum Gasteiger partial charge on any atom is -0.477 e. The van der Waals surface area contributed by atoms with E-state index in [2.05, 4.69) is 15.1 Å². The standard InChI is InChI=1S/C11H9N5O2/c12-9-4-8(7-2-1-3-13-7)15-10-6(11(17)18)5-14-16(9)10/h1-5,13H,12H2,(H,17,18). The average Bonchev–Trinajstić information content (AvgIpc) is 2.97. The Kier molecular flexibility index (Phi) is 2.06. The monoisotopic (exact) mass is 243 g/mol. The summed E-state index contributed by atoms with van der Waals surface area (Å²) in [5.41, 5.74) is 7.42. The van der Waals surface area contributed by atoms with E-state index in [1.165, 1.54) is 10.7 Å². The molecule has 7 heteroatoms. The van der Waals surface area contributed by atoms with Crippen LogP contribution in [0.25, 0.3) is 17.0 Å². The third-order valence-electron chi connectivity index (χ3n) is 2.60. The number of hydrogen-bond acceptors (Lipinski definition) is 4. The van der Waals surface area contributed by atoms with E-state index in [-0.39, 0.29) is 11.2 Å². The molecule has 0 aromatic carbocycles. The van der Waals surface area contributed by atoms with E-state index in [1.807, 2.05) is 12.1 Å². The molecule has 3 heterocycles. The van der Waals surface area contributed by atoms with Crippen LogP contribution in [-0.2, 0) is 0 Å². The molecule has 0 amide bonds. The summed E-state index contributed by atoms with van der Waals surface area (Å²) in [7, 11) is 0. The van der Waals surface area contributed by atoms with Crippen LogP contribution in [0.5, 0.6) is 0 Å². The lowest BCUT2D eigenvalue weighted by molar-refractivity contribution is 0.0699. The SMILES string of the molecule is Nc1cc(-c2ccc[nH]2)nc2c(C(=O)O)cnn12. The zero-order valence-electron chi connectivity index (χ0n) is 9.16. The Morgan fingerprint density at radius 1 is 1.50 bits per heavy atom. The van der Waals surface area contributed by atoms with Gasteiger partial charge in [-0.1, -0.05) is 0 Å². The van der Waals surface area contributed by atoms with E-state index in [9.17, 15) is 4.79 Å². The van der Waals surface area contributed by atoms with Gasteiger partial charge in [0.15, 0.2) is 5.65 Å². The summed E-state index contributed by atoms with van der Waals surface area (Å²) in [6.07, 6.45) is 2.99. The van der Waals surface area contributed by atoms with Crippen LogP contribution in [0.3, 0.4) is 0 Å². The second-order valence-corrected chi connectivity index (χ2v) is 3.75. The molecule has 0 bridgehead atoms. The largest absolute Gasteiger partial charge is 0.477 e. The van der Waals surface area contributed by atoms with Gasteiger partial charge < -0.3 is 15.8 Å². The van der Waals surface area contributed by atoms with E-state index < -0.39 is 5.97 Å². The van der Waals surface area contributed by atoms with Gasteiger partial charge in [-0.25, -0.2) is 9.78 Å². The number of carboxylic acid groups (broad SMARTS) is 1. The second kappa shape index (κ2) is 3.59. The highest BCUT2D eigenvalue weighted by Gasteiger charge is 2.15. The number of nitrogen functional groups attached to an aromatic ring is 1. The molecule has 3 aromatic heterocycles. The van der Waals surface area contributed by atoms with E-state index in [4.69, 9.17) is 10.8 Å². The van der Waals surface area contributed by atoms with E-state index in [1.54, 1.807) is 12.3 Å². The molecular formula is C11H9N5O2. The van der Waals surface area contributed by atoms with Crippen LogP contribution in [0.4, 0.5) is 5.82 Å². The molecule has 3 aromatic rings. The first-order valence-electron chi connectivity index (χ1n) is 5.18. The van der Waals surface area contributed by atoms with Gasteiger partial charge >= 0.3 is 5.97 Å². The highest BCUT2D eigenvalue weighted by molar-refractivity contribution is 5.94. The molecule has 0 aliphatic rings. The molecular weight excluding hydrogens is 234 g/mol. The first-order valence-corrected chi connectivity index (χ1v) is 5.18. The van der Waals surface area contributed by atoms with Gasteiger partial charge in [0.1, 0.15) is 11.4 Å². The zero-order valence-corrected chi connectivity index (χ0v) is 9.16. The lowest BCUT2D eigenvalue weighted by Crippen LogP contribution is -2.03. The van der Waals surface area contributed by atoms with Crippen LogP contribution < -0.4 is 5.73 Å². The van der Waals surface area contributed by atoms with Gasteiger partial charge in [-0.05, 0) is 12.1 Å². The van der Waals surface area contributed by atoms with E-state index in [0.29, 0.717) is 11.5 Å². The lowest BCUT2D eigenvalue weighted by atomic mass is 10.3. The molecule has 0 atom stereocenters. The Labute approximate surface area is 101 Å². The van der Waals surface area contributed by atoms with Gasteiger partial charge in [-0.15, -0.1) is 0 Å². The molecule has 0 radical (unpaired) electrons. The number of fused-ring (bicyclic) bond motifs is 1. The molecule has 0 aliphatic carbocycles. The Hall–Kier alpha value is -2.83. The predicted octanol–water partition coefficient (Wildman–Crippen LogP) is 1.00. The van der Waals surface area contributed by atoms with Gasteiger partial charge in [0, 0.05) is 12.3 Å². The molecule has 0 fully saturated rings. The van der Waals surface area contributed by atoms with Crippen molar-refractivity contribution in [3.8, 4) is 11.4 Å². The summed E-state index contributed by atoms with van der Waals surface area (Å²) >= 11 is 0. The maximum Gasteiger partial charge on any atom is 0.341 e. The van der Waals surface area contributed by atoms with Crippen molar-refractivity contribution in [3.63, 3.8) is 0 Å². The van der Waals surface area contributed by atoms with Gasteiger partial charge in [0.05, 0.1) is 17.6 Å². The topological polar surface area (TPSA) is 109 Å². The highest BCUT2D eigenvalue weighted by atomic mass is 16.4. The van der Waals surface area contributed by atoms with Gasteiger partial charge in [0.25, 0.3) is 0 Å². The Morgan fingerprint density at radius 3 is 3.00 bits per heavy atom. The van der Waals surface area contributed by atoms with Crippen LogP contribution in [-0.4, -0.2) is 30.7 Å². The van der Waals surface area contributed by atoms with Crippen LogP contribution >= 0.6 is 0 Å². The number of carbonyl (C=O) groups is 1. The third-order valence-corrected chi connectivity index (χ3v) is 2.60. The number of aromatic nitrogens is 4. The maximum absolute atomic E-state index is 11.0. The molecule has 0 unspecified atom stereocenters. The summed E-state index contributed by atoms with van der Waals surface area (Å²) in [4.78, 5) is 18.3. The fraction of sp³-hybridized carbons (Fsp3) is 0. The number of hydrogen-bond donors (Lipinski definition) is 3. The number of carboxylic acids is 1. The fourth-order valence-corrected chi connectivity index (χ4v) is 1.76. The minimum absolute atomic E-state index is 0.0232. The van der Waals surface area contributed by atoms with Crippen LogP contribution in [0.2, 0.25) is 0 Å². The number of aromatic amines is 1. The molecule has 0 spiro atoms. The maximum atomic E-state index is 11.0. The Balaban J connectivity index is 2.31. The smallest absolute Gasteiger partial charge is 0.341 e. The lowest BCUT2D eigenvalue weighted by Gasteiger charge is -2.03. The summed E-state index contributed by atoms with van der Waals surface area (Å²) in [5, 5.41) is 12.9. The molecule has 0 saturated heterocycles. The van der Waals surface area contributed by atoms with E-state index >= 15 is 0 Å². The van der Waals surface area contributed by atoms with Crippen molar-refractivity contribution in [3.05, 3.63) is 36.2 Å². The summed E-state index contributed by atoms with van der Waals surface area (Å²) in [6.45, 7) is 0. The molecule has 3 rings (SSSR count). The molecule has 4 N–H and O–H groups in total. The number of anilines is 1. The van der Waals surface area contributed by atoms with Crippen molar-refractivity contribution < 1.29 is 9.90 Å². The van der Waals surface area contributed by atoms with Crippen LogP contribution in [0.1, 0.15) is 10.4 Å². The first-order chi connectivity index (χ1) is 8.66. The normalized spacial score (nSPS) is 10.9. The molecule has 90 valence electrons. The number of rotatable bonds is 2. The van der Waals surface area contributed by atoms with Crippen molar-refractivity contribution >= 4 is 17.4 Å². The number of nitrogens with two attached hydrogens (primary N) is 1. The molecule has 0 saturated carbocycles. The fourth-order valence-electron chi connectivity index (χ4n) is 1.76. The minimum atomic E-state index is -1.08. The van der Waals surface area contributed by atoms with Gasteiger partial charge in [0.2, 0.25) is 0 Å². The number of nitrogens with one attached hydrogen (secondary N) is 1. The van der Waals surface area contributed by atoms with Crippen molar-refractivity contribution in [2.24, 2.45) is 0 Å². The summed E-state index contributed by atoms with van der Waals surface area (Å²) in [5.74, 6) is -0.752. The quantitative estimate of drug-likeness (QED) is 0.622. The highest BCUT2D eigenvalue weighted by Crippen LogP contribution is 2.20. The second-order valence-electron chi connectivity index (χ2n) is 3.75.